The molecule has 2 aromatic carbocycles. The Hall–Kier alpha value is -5.20. The van der Waals surface area contributed by atoms with Gasteiger partial charge in [0.1, 0.15) is 23.3 Å². The Balaban J connectivity index is 1.25. The highest BCUT2D eigenvalue weighted by Crippen LogP contribution is 2.32. The van der Waals surface area contributed by atoms with Crippen molar-refractivity contribution in [3.63, 3.8) is 0 Å². The van der Waals surface area contributed by atoms with Crippen molar-refractivity contribution in [1.82, 2.24) is 14.8 Å². The summed E-state index contributed by atoms with van der Waals surface area (Å²) in [4.78, 5) is 55.8. The molecule has 49 heavy (non-hydrogen) atoms. The number of ether oxygens (including phenoxy) is 2. The molecule has 2 saturated heterocycles. The van der Waals surface area contributed by atoms with Gasteiger partial charge in [-0.25, -0.2) is 9.59 Å². The lowest BCUT2D eigenvalue weighted by molar-refractivity contribution is -0.121. The van der Waals surface area contributed by atoms with Crippen molar-refractivity contribution < 1.29 is 30.1 Å². The van der Waals surface area contributed by atoms with Gasteiger partial charge < -0.3 is 36.6 Å². The summed E-state index contributed by atoms with van der Waals surface area (Å²) in [6, 6.07) is 12.4. The van der Waals surface area contributed by atoms with E-state index in [2.05, 4.69) is 10.6 Å². The van der Waals surface area contributed by atoms with Crippen LogP contribution in [0.4, 0.5) is 32.3 Å². The molecule has 7 N–H and O–H groups in total. The molecule has 2 aliphatic heterocycles. The Morgan fingerprint density at radius 3 is 1.45 bits per heavy atom. The number of rotatable bonds is 6. The second kappa shape index (κ2) is 13.7. The summed E-state index contributed by atoms with van der Waals surface area (Å²) < 4.78 is 19.8. The average molecular weight is 675 g/mol. The molecule has 0 bridgehead atoms. The summed E-state index contributed by atoms with van der Waals surface area (Å²) in [5, 5.41) is 5.69. The van der Waals surface area contributed by atoms with Gasteiger partial charge >= 0.3 is 12.2 Å². The number of hydrogen-bond donors (Lipinski definition) is 5. The van der Waals surface area contributed by atoms with Gasteiger partial charge in [0, 0.05) is 35.6 Å². The molecule has 3 heterocycles. The molecule has 3 aromatic rings. The van der Waals surface area contributed by atoms with Crippen LogP contribution in [0.15, 0.2) is 48.5 Å². The summed E-state index contributed by atoms with van der Waals surface area (Å²) >= 11 is 0. The number of likely N-dealkylation sites (tertiary alicyclic amines) is 2. The van der Waals surface area contributed by atoms with E-state index in [1.165, 1.54) is 14.8 Å². The normalized spacial score (nSPS) is 18.2. The maximum atomic E-state index is 13.2. The van der Waals surface area contributed by atoms with E-state index in [0.717, 1.165) is 0 Å². The van der Waals surface area contributed by atoms with Crippen LogP contribution < -0.4 is 22.1 Å². The number of H-pyrrole nitrogens is 1. The molecule has 13 heteroatoms. The summed E-state index contributed by atoms with van der Waals surface area (Å²) in [5.41, 5.74) is 15.2. The maximum absolute atomic E-state index is 13.2. The smallest absolute Gasteiger partial charge is 0.410 e. The third-order valence-electron chi connectivity index (χ3n) is 8.22. The standard InChI is InChI=1S/C36H47N7O6/c1-35(2,3)48-33(46)42-17-7-9-29(42)31(44)40-27-13-11-21(19-23(27)37)25-15-16-26(39-25)22-12-14-28(24(38)20-22)41-32(45)30-10-8-18-43(30)34(47)49-36(4,5)6/h11-16,19-20,29-30,39H,7-10,17-18,37-38H2,1-6H3,(H,40,44)(H,41,45)/i/hD. The van der Waals surface area contributed by atoms with Crippen molar-refractivity contribution >= 4 is 46.8 Å². The van der Waals surface area contributed by atoms with E-state index in [1.54, 1.807) is 90.1 Å². The molecule has 13 nitrogen and oxygen atoms in total. The molecule has 2 aliphatic rings. The first-order valence-electron chi connectivity index (χ1n) is 17.0. The number of hydrogen-bond acceptors (Lipinski definition) is 8. The Morgan fingerprint density at radius 1 is 0.714 bits per heavy atom. The molecular formula is C36H47N7O6. The minimum atomic E-state index is -0.673. The molecule has 5 rings (SSSR count). The van der Waals surface area contributed by atoms with Crippen LogP contribution in [0.5, 0.6) is 0 Å². The van der Waals surface area contributed by atoms with Crippen LogP contribution in [-0.2, 0) is 19.1 Å². The Morgan fingerprint density at radius 2 is 1.10 bits per heavy atom. The lowest BCUT2D eigenvalue weighted by Gasteiger charge is -2.28. The fourth-order valence-corrected chi connectivity index (χ4v) is 5.94. The number of nitrogens with one attached hydrogen (secondary N) is 3. The van der Waals surface area contributed by atoms with Crippen molar-refractivity contribution in [3.8, 4) is 22.5 Å². The predicted octanol–water partition coefficient (Wildman–Crippen LogP) is 6.19. The molecule has 262 valence electrons. The van der Waals surface area contributed by atoms with Gasteiger partial charge in [-0.2, -0.15) is 0 Å². The fraction of sp³-hybridized carbons (Fsp3) is 0.444. The SMILES string of the molecule is [2H]n1c(-c2ccc(NC(=O)C3CCCN3C(=O)OC(C)(C)C)c(N)c2)ccc1-c1ccc(NC(=O)C2CCCN2C(=O)OC(C)(C)C)c(N)c1. The van der Waals surface area contributed by atoms with Crippen molar-refractivity contribution in [2.75, 3.05) is 35.2 Å². The Kier molecular flexibility index (Phi) is 9.44. The number of aromatic nitrogens is 1. The van der Waals surface area contributed by atoms with E-state index in [1.807, 2.05) is 0 Å². The number of carbonyl (C=O) groups excluding carboxylic acids is 4. The zero-order valence-corrected chi connectivity index (χ0v) is 29.0. The molecule has 2 unspecified atom stereocenters. The number of anilines is 4. The van der Waals surface area contributed by atoms with Gasteiger partial charge in [0.2, 0.25) is 11.8 Å². The molecule has 0 aliphatic carbocycles. The van der Waals surface area contributed by atoms with E-state index in [-0.39, 0.29) is 11.8 Å². The van der Waals surface area contributed by atoms with Crippen LogP contribution >= 0.6 is 0 Å². The minimum absolute atomic E-state index is 0.303. The first-order valence-corrected chi connectivity index (χ1v) is 16.5. The van der Waals surface area contributed by atoms with Gasteiger partial charge in [0.15, 0.2) is 1.41 Å². The minimum Gasteiger partial charge on any atom is -0.444 e. The summed E-state index contributed by atoms with van der Waals surface area (Å²) in [5.74, 6) is -0.695. The number of carbonyl (C=O) groups is 4. The van der Waals surface area contributed by atoms with Gasteiger partial charge in [0.25, 0.3) is 0 Å². The van der Waals surface area contributed by atoms with Crippen molar-refractivity contribution in [1.29, 1.82) is 0 Å². The largest absolute Gasteiger partial charge is 0.444 e. The van der Waals surface area contributed by atoms with E-state index < -0.39 is 35.5 Å². The average Bonchev–Trinajstić information content (AvgIpc) is 3.78. The quantitative estimate of drug-likeness (QED) is 0.192. The molecule has 0 spiro atoms. The maximum Gasteiger partial charge on any atom is 0.410 e. The number of nitrogen functional groups attached to an aromatic ring is 2. The van der Waals surface area contributed by atoms with Crippen molar-refractivity contribution in [3.05, 3.63) is 48.5 Å². The van der Waals surface area contributed by atoms with Crippen LogP contribution in [-0.4, -0.2) is 75.2 Å². The van der Waals surface area contributed by atoms with Gasteiger partial charge in [-0.05, 0) is 104 Å². The van der Waals surface area contributed by atoms with Crippen LogP contribution in [0.1, 0.15) is 67.2 Å². The highest BCUT2D eigenvalue weighted by atomic mass is 16.6. The van der Waals surface area contributed by atoms with Gasteiger partial charge in [-0.3, -0.25) is 19.4 Å². The molecular weight excluding hydrogens is 626 g/mol. The molecule has 2 atom stereocenters. The first-order chi connectivity index (χ1) is 23.4. The number of nitrogens with zero attached hydrogens (tertiary/aromatic N) is 2. The highest BCUT2D eigenvalue weighted by Gasteiger charge is 2.38. The van der Waals surface area contributed by atoms with Crippen LogP contribution in [0, 0.1) is 0 Å². The Labute approximate surface area is 288 Å². The lowest BCUT2D eigenvalue weighted by Crippen LogP contribution is -2.45. The van der Waals surface area contributed by atoms with E-state index in [4.69, 9.17) is 22.4 Å². The summed E-state index contributed by atoms with van der Waals surface area (Å²) in [6.45, 7) is 11.6. The van der Waals surface area contributed by atoms with Crippen LogP contribution in [0.2, 0.25) is 1.41 Å². The Bertz CT molecular complexity index is 1670. The van der Waals surface area contributed by atoms with E-state index in [0.29, 0.717) is 84.0 Å². The van der Waals surface area contributed by atoms with Crippen molar-refractivity contribution in [2.45, 2.75) is 90.5 Å². The number of amides is 4. The highest BCUT2D eigenvalue weighted by molar-refractivity contribution is 6.00. The molecule has 0 saturated carbocycles. The first kappa shape index (κ1) is 33.7. The van der Waals surface area contributed by atoms with E-state index >= 15 is 0 Å². The van der Waals surface area contributed by atoms with Crippen molar-refractivity contribution in [2.24, 2.45) is 0 Å². The topological polar surface area (TPSA) is 185 Å². The number of aromatic amines is 1. The lowest BCUT2D eigenvalue weighted by atomic mass is 10.1. The van der Waals surface area contributed by atoms with E-state index in [9.17, 15) is 19.2 Å². The fourth-order valence-electron chi connectivity index (χ4n) is 5.94. The number of benzene rings is 2. The molecule has 4 amide bonds. The second-order valence-corrected chi connectivity index (χ2v) is 14.5. The molecule has 0 radical (unpaired) electrons. The predicted molar refractivity (Wildman–Crippen MR) is 190 cm³/mol. The molecule has 2 fully saturated rings. The van der Waals surface area contributed by atoms with Crippen LogP contribution in [0.3, 0.4) is 0 Å². The second-order valence-electron chi connectivity index (χ2n) is 14.5. The zero-order chi connectivity index (χ0) is 36.5. The van der Waals surface area contributed by atoms with Gasteiger partial charge in [0.05, 0.1) is 22.7 Å². The third-order valence-corrected chi connectivity index (χ3v) is 8.22. The van der Waals surface area contributed by atoms with Gasteiger partial charge in [-0.1, -0.05) is 12.1 Å². The van der Waals surface area contributed by atoms with Crippen LogP contribution in [0.25, 0.3) is 22.5 Å². The third kappa shape index (κ3) is 8.45. The summed E-state index contributed by atoms with van der Waals surface area (Å²) in [6.07, 6.45) is 1.36. The summed E-state index contributed by atoms with van der Waals surface area (Å²) in [7, 11) is 0. The monoisotopic (exact) mass is 674 g/mol. The number of nitrogens with two attached hydrogens (primary N) is 2. The zero-order valence-electron chi connectivity index (χ0n) is 30.0. The molecule has 1 aromatic heterocycles. The van der Waals surface area contributed by atoms with Gasteiger partial charge in [-0.15, -0.1) is 0 Å².